The molecule has 2 aromatic carbocycles. The van der Waals surface area contributed by atoms with Gasteiger partial charge in [0.2, 0.25) is 11.8 Å². The predicted molar refractivity (Wildman–Crippen MR) is 107 cm³/mol. The van der Waals surface area contributed by atoms with E-state index < -0.39 is 5.25 Å². The number of rotatable bonds is 4. The van der Waals surface area contributed by atoms with Crippen LogP contribution in [0.2, 0.25) is 5.02 Å². The molecule has 1 aliphatic rings. The van der Waals surface area contributed by atoms with Crippen LogP contribution in [-0.4, -0.2) is 33.7 Å². The summed E-state index contributed by atoms with van der Waals surface area (Å²) in [5.74, 6) is -0.834. The molecule has 1 fully saturated rings. The number of nitrogens with zero attached hydrogens (tertiary/aromatic N) is 2. The van der Waals surface area contributed by atoms with Gasteiger partial charge in [-0.15, -0.1) is 0 Å². The molecule has 0 radical (unpaired) electrons. The summed E-state index contributed by atoms with van der Waals surface area (Å²) in [6, 6.07) is 12.5. The third kappa shape index (κ3) is 4.87. The second kappa shape index (κ2) is 8.54. The standard InChI is InChI=1S/C19H17ClFN3O2S/c1-2-24-17(25)11-16(18(26)22-15-5-3-4-12(20)10-15)27-19(24)23-14-8-6-13(21)7-9-14/h3-10,16H,2,11H2,1H3,(H,22,26)/t16-/m0/s1. The summed E-state index contributed by atoms with van der Waals surface area (Å²) in [6.07, 6.45) is 0.0767. The molecule has 8 heteroatoms. The first kappa shape index (κ1) is 19.4. The Morgan fingerprint density at radius 3 is 2.74 bits per heavy atom. The number of aliphatic imine (C=N–C) groups is 1. The number of amidine groups is 1. The molecule has 2 amide bonds. The van der Waals surface area contributed by atoms with Gasteiger partial charge in [0.1, 0.15) is 11.1 Å². The average Bonchev–Trinajstić information content (AvgIpc) is 2.63. The number of carbonyl (C=O) groups excluding carboxylic acids is 2. The van der Waals surface area contributed by atoms with E-state index in [1.807, 2.05) is 6.92 Å². The van der Waals surface area contributed by atoms with Crippen molar-refractivity contribution in [3.05, 3.63) is 59.4 Å². The van der Waals surface area contributed by atoms with Crippen LogP contribution in [-0.2, 0) is 9.59 Å². The molecule has 1 saturated heterocycles. The third-order valence-electron chi connectivity index (χ3n) is 3.89. The molecule has 1 aliphatic heterocycles. The van der Waals surface area contributed by atoms with Crippen LogP contribution in [0, 0.1) is 5.82 Å². The lowest BCUT2D eigenvalue weighted by molar-refractivity contribution is -0.129. The number of halogens is 2. The maximum absolute atomic E-state index is 13.1. The molecule has 1 N–H and O–H groups in total. The Morgan fingerprint density at radius 1 is 1.33 bits per heavy atom. The van der Waals surface area contributed by atoms with Crippen LogP contribution >= 0.6 is 23.4 Å². The van der Waals surface area contributed by atoms with Crippen molar-refractivity contribution in [1.82, 2.24) is 4.90 Å². The normalized spacial score (nSPS) is 18.6. The highest BCUT2D eigenvalue weighted by molar-refractivity contribution is 8.15. The van der Waals surface area contributed by atoms with E-state index in [9.17, 15) is 14.0 Å². The molecule has 0 saturated carbocycles. The maximum Gasteiger partial charge on any atom is 0.238 e. The summed E-state index contributed by atoms with van der Waals surface area (Å²) in [5, 5.41) is 3.10. The molecule has 0 aromatic heterocycles. The zero-order valence-electron chi connectivity index (χ0n) is 14.5. The van der Waals surface area contributed by atoms with Crippen molar-refractivity contribution in [2.45, 2.75) is 18.6 Å². The molecule has 0 aliphatic carbocycles. The van der Waals surface area contributed by atoms with Gasteiger partial charge in [-0.3, -0.25) is 14.5 Å². The quantitative estimate of drug-likeness (QED) is 0.816. The number of thioether (sulfide) groups is 1. The summed E-state index contributed by atoms with van der Waals surface area (Å²) < 4.78 is 13.1. The molecule has 0 bridgehead atoms. The molecule has 27 heavy (non-hydrogen) atoms. The van der Waals surface area contributed by atoms with Crippen molar-refractivity contribution >= 4 is 51.7 Å². The van der Waals surface area contributed by atoms with Gasteiger partial charge in [0.15, 0.2) is 5.17 Å². The van der Waals surface area contributed by atoms with E-state index in [2.05, 4.69) is 10.3 Å². The number of carbonyl (C=O) groups is 2. The van der Waals surface area contributed by atoms with Crippen LogP contribution in [0.15, 0.2) is 53.5 Å². The smallest absolute Gasteiger partial charge is 0.238 e. The summed E-state index contributed by atoms with van der Waals surface area (Å²) in [7, 11) is 0. The van der Waals surface area contributed by atoms with E-state index in [0.717, 1.165) is 0 Å². The molecular formula is C19H17ClFN3O2S. The number of hydrogen-bond acceptors (Lipinski definition) is 4. The Bertz CT molecular complexity index is 889. The van der Waals surface area contributed by atoms with Gasteiger partial charge in [0.25, 0.3) is 0 Å². The number of amides is 2. The largest absolute Gasteiger partial charge is 0.325 e. The lowest BCUT2D eigenvalue weighted by Crippen LogP contribution is -2.45. The Kier molecular flexibility index (Phi) is 6.13. The van der Waals surface area contributed by atoms with Crippen molar-refractivity contribution in [2.24, 2.45) is 4.99 Å². The van der Waals surface area contributed by atoms with Crippen LogP contribution in [0.25, 0.3) is 0 Å². The lowest BCUT2D eigenvalue weighted by atomic mass is 10.2. The summed E-state index contributed by atoms with van der Waals surface area (Å²) in [6.45, 7) is 2.28. The molecule has 0 spiro atoms. The minimum atomic E-state index is -0.613. The van der Waals surface area contributed by atoms with Crippen molar-refractivity contribution in [3.63, 3.8) is 0 Å². The Morgan fingerprint density at radius 2 is 2.07 bits per heavy atom. The fourth-order valence-corrected chi connectivity index (χ4v) is 3.92. The molecule has 140 valence electrons. The van der Waals surface area contributed by atoms with Crippen LogP contribution in [0.5, 0.6) is 0 Å². The zero-order chi connectivity index (χ0) is 19.4. The summed E-state index contributed by atoms with van der Waals surface area (Å²) in [4.78, 5) is 31.0. The zero-order valence-corrected chi connectivity index (χ0v) is 16.1. The molecular weight excluding hydrogens is 389 g/mol. The molecule has 0 unspecified atom stereocenters. The topological polar surface area (TPSA) is 61.8 Å². The predicted octanol–water partition coefficient (Wildman–Crippen LogP) is 4.46. The second-order valence-electron chi connectivity index (χ2n) is 5.82. The van der Waals surface area contributed by atoms with Crippen LogP contribution in [0.1, 0.15) is 13.3 Å². The SMILES string of the molecule is CCN1C(=O)C[C@@H](C(=O)Nc2cccc(Cl)c2)SC1=Nc1ccc(F)cc1. The van der Waals surface area contributed by atoms with Crippen molar-refractivity contribution in [2.75, 3.05) is 11.9 Å². The molecule has 2 aromatic rings. The lowest BCUT2D eigenvalue weighted by Gasteiger charge is -2.30. The monoisotopic (exact) mass is 405 g/mol. The van der Waals surface area contributed by atoms with Crippen LogP contribution < -0.4 is 5.32 Å². The number of nitrogens with one attached hydrogen (secondary N) is 1. The molecule has 5 nitrogen and oxygen atoms in total. The second-order valence-corrected chi connectivity index (χ2v) is 7.43. The van der Waals surface area contributed by atoms with E-state index in [-0.39, 0.29) is 24.1 Å². The molecule has 1 heterocycles. The highest BCUT2D eigenvalue weighted by atomic mass is 35.5. The number of benzene rings is 2. The summed E-state index contributed by atoms with van der Waals surface area (Å²) >= 11 is 7.15. The van der Waals surface area contributed by atoms with Gasteiger partial charge < -0.3 is 5.32 Å². The van der Waals surface area contributed by atoms with E-state index in [1.54, 1.807) is 24.3 Å². The fraction of sp³-hybridized carbons (Fsp3) is 0.211. The first-order valence-electron chi connectivity index (χ1n) is 8.34. The first-order chi connectivity index (χ1) is 13.0. The van der Waals surface area contributed by atoms with Gasteiger partial charge in [-0.1, -0.05) is 29.4 Å². The van der Waals surface area contributed by atoms with Gasteiger partial charge in [0, 0.05) is 23.7 Å². The highest BCUT2D eigenvalue weighted by Gasteiger charge is 2.35. The van der Waals surface area contributed by atoms with Crippen LogP contribution in [0.3, 0.4) is 0 Å². The highest BCUT2D eigenvalue weighted by Crippen LogP contribution is 2.30. The Labute approximate surface area is 165 Å². The van der Waals surface area contributed by atoms with Crippen molar-refractivity contribution in [3.8, 4) is 0 Å². The third-order valence-corrected chi connectivity index (χ3v) is 5.31. The van der Waals surface area contributed by atoms with E-state index >= 15 is 0 Å². The maximum atomic E-state index is 13.1. The Hall–Kier alpha value is -2.38. The van der Waals surface area contributed by atoms with E-state index in [4.69, 9.17) is 11.6 Å². The fourth-order valence-electron chi connectivity index (χ4n) is 2.57. The first-order valence-corrected chi connectivity index (χ1v) is 9.59. The van der Waals surface area contributed by atoms with Gasteiger partial charge in [-0.25, -0.2) is 9.38 Å². The molecule has 1 atom stereocenters. The minimum Gasteiger partial charge on any atom is -0.325 e. The van der Waals surface area contributed by atoms with Gasteiger partial charge >= 0.3 is 0 Å². The minimum absolute atomic E-state index is 0.0767. The van der Waals surface area contributed by atoms with E-state index in [0.29, 0.717) is 28.1 Å². The molecule has 3 rings (SSSR count). The van der Waals surface area contributed by atoms with Crippen molar-refractivity contribution < 1.29 is 14.0 Å². The number of anilines is 1. The van der Waals surface area contributed by atoms with Crippen LogP contribution in [0.4, 0.5) is 15.8 Å². The Balaban J connectivity index is 1.80. The van der Waals surface area contributed by atoms with Crippen molar-refractivity contribution in [1.29, 1.82) is 0 Å². The summed E-state index contributed by atoms with van der Waals surface area (Å²) in [5.41, 5.74) is 1.08. The number of hydrogen-bond donors (Lipinski definition) is 1. The van der Waals surface area contributed by atoms with Gasteiger partial charge in [-0.05, 0) is 49.4 Å². The van der Waals surface area contributed by atoms with E-state index in [1.165, 1.54) is 40.9 Å². The van der Waals surface area contributed by atoms with Gasteiger partial charge in [0.05, 0.1) is 5.69 Å². The van der Waals surface area contributed by atoms with Gasteiger partial charge in [-0.2, -0.15) is 0 Å². The average molecular weight is 406 g/mol.